The Kier molecular flexibility index (Phi) is 6.32. The lowest BCUT2D eigenvalue weighted by atomic mass is 9.84. The Labute approximate surface area is 202 Å². The van der Waals surface area contributed by atoms with Crippen molar-refractivity contribution in [3.63, 3.8) is 0 Å². The van der Waals surface area contributed by atoms with Crippen molar-refractivity contribution in [3.05, 3.63) is 87.4 Å². The van der Waals surface area contributed by atoms with Crippen LogP contribution in [0.1, 0.15) is 49.7 Å². The van der Waals surface area contributed by atoms with Gasteiger partial charge in [0.25, 0.3) is 11.7 Å². The van der Waals surface area contributed by atoms with Gasteiger partial charge in [-0.1, -0.05) is 32.9 Å². The summed E-state index contributed by atoms with van der Waals surface area (Å²) in [7, 11) is 0. The monoisotopic (exact) mass is 479 g/mol. The Bertz CT molecular complexity index is 1270. The lowest BCUT2D eigenvalue weighted by molar-refractivity contribution is -0.132. The smallest absolute Gasteiger partial charge is 0.300 e. The highest BCUT2D eigenvalue weighted by Crippen LogP contribution is 2.44. The summed E-state index contributed by atoms with van der Waals surface area (Å²) in [5, 5.41) is 13.2. The number of carbonyl (C=O) groups excluding carboxylic acids is 2. The molecule has 0 spiro atoms. The zero-order chi connectivity index (χ0) is 24.6. The number of carbonyl (C=O) groups is 2. The number of amides is 1. The lowest BCUT2D eigenvalue weighted by Gasteiger charge is -2.25. The van der Waals surface area contributed by atoms with Crippen LogP contribution in [0.2, 0.25) is 0 Å². The van der Waals surface area contributed by atoms with Crippen LogP contribution in [-0.2, 0) is 15.0 Å². The van der Waals surface area contributed by atoms with Crippen LogP contribution in [-0.4, -0.2) is 23.4 Å². The molecule has 0 radical (unpaired) electrons. The molecular weight excluding hydrogens is 453 g/mol. The largest absolute Gasteiger partial charge is 0.507 e. The van der Waals surface area contributed by atoms with Crippen LogP contribution < -0.4 is 9.64 Å². The molecule has 0 saturated carbocycles. The molecule has 3 aromatic rings. The van der Waals surface area contributed by atoms with E-state index in [0.717, 1.165) is 5.56 Å². The molecule has 1 atom stereocenters. The molecule has 1 aliphatic heterocycles. The third-order valence-corrected chi connectivity index (χ3v) is 6.63. The minimum Gasteiger partial charge on any atom is -0.507 e. The summed E-state index contributed by atoms with van der Waals surface area (Å²) in [6.07, 6.45) is 0. The summed E-state index contributed by atoms with van der Waals surface area (Å²) < 4.78 is 19.8. The number of hydrogen-bond acceptors (Lipinski definition) is 5. The Morgan fingerprint density at radius 1 is 1.12 bits per heavy atom. The molecule has 2 aromatic carbocycles. The molecule has 4 rings (SSSR count). The van der Waals surface area contributed by atoms with Gasteiger partial charge >= 0.3 is 0 Å². The van der Waals surface area contributed by atoms with Gasteiger partial charge in [-0.15, -0.1) is 11.3 Å². The third-order valence-electron chi connectivity index (χ3n) is 5.70. The van der Waals surface area contributed by atoms with Gasteiger partial charge in [-0.05, 0) is 60.2 Å². The Balaban J connectivity index is 1.92. The Hall–Kier alpha value is -3.45. The minimum atomic E-state index is -0.869. The number of halogens is 1. The van der Waals surface area contributed by atoms with Crippen molar-refractivity contribution in [2.75, 3.05) is 11.5 Å². The van der Waals surface area contributed by atoms with Gasteiger partial charge in [-0.2, -0.15) is 0 Å². The fraction of sp³-hybridized carbons (Fsp3) is 0.259. The van der Waals surface area contributed by atoms with E-state index in [1.165, 1.54) is 34.4 Å². The summed E-state index contributed by atoms with van der Waals surface area (Å²) in [6, 6.07) is 13.5. The van der Waals surface area contributed by atoms with E-state index in [1.807, 2.05) is 33.1 Å². The minimum absolute atomic E-state index is 0.0271. The fourth-order valence-electron chi connectivity index (χ4n) is 4.14. The first-order chi connectivity index (χ1) is 16.1. The van der Waals surface area contributed by atoms with Gasteiger partial charge in [0.1, 0.15) is 23.4 Å². The van der Waals surface area contributed by atoms with Crippen LogP contribution in [0.5, 0.6) is 5.75 Å². The maximum absolute atomic E-state index is 14.0. The standard InChI is InChI=1S/C27H26FNO4S/c1-5-33-20-12-11-16(14-19(20)27(2,3)4)24(30)22-23(21-10-7-13-34-21)29(26(32)25(22)31)18-9-6-8-17(28)15-18/h6-15,23,30H,5H2,1-4H3/b24-22-. The summed E-state index contributed by atoms with van der Waals surface area (Å²) in [4.78, 5) is 28.3. The van der Waals surface area contributed by atoms with Gasteiger partial charge in [0.15, 0.2) is 0 Å². The van der Waals surface area contributed by atoms with E-state index in [9.17, 15) is 19.1 Å². The van der Waals surface area contributed by atoms with Gasteiger partial charge < -0.3 is 9.84 Å². The van der Waals surface area contributed by atoms with Crippen LogP contribution in [0.3, 0.4) is 0 Å². The SMILES string of the molecule is CCOc1ccc(/C(O)=C2/C(=O)C(=O)N(c3cccc(F)c3)C2c2cccs2)cc1C(C)(C)C. The molecule has 2 heterocycles. The van der Waals surface area contributed by atoms with Gasteiger partial charge in [0.05, 0.1) is 12.2 Å². The van der Waals surface area contributed by atoms with E-state index in [2.05, 4.69) is 0 Å². The Morgan fingerprint density at radius 3 is 2.50 bits per heavy atom. The molecule has 0 aliphatic carbocycles. The first-order valence-electron chi connectivity index (χ1n) is 11.0. The van der Waals surface area contributed by atoms with Crippen molar-refractivity contribution in [2.45, 2.75) is 39.2 Å². The number of ether oxygens (including phenoxy) is 1. The zero-order valence-corrected chi connectivity index (χ0v) is 20.3. The molecule has 34 heavy (non-hydrogen) atoms. The maximum Gasteiger partial charge on any atom is 0.300 e. The second-order valence-electron chi connectivity index (χ2n) is 9.06. The van der Waals surface area contributed by atoms with Crippen LogP contribution in [0, 0.1) is 5.82 Å². The first kappa shape index (κ1) is 23.7. The van der Waals surface area contributed by atoms with Crippen molar-refractivity contribution < 1.29 is 23.8 Å². The summed E-state index contributed by atoms with van der Waals surface area (Å²) >= 11 is 1.35. The van der Waals surface area contributed by atoms with Crippen molar-refractivity contribution in [2.24, 2.45) is 0 Å². The molecule has 5 nitrogen and oxygen atoms in total. The fourth-order valence-corrected chi connectivity index (χ4v) is 4.96. The molecule has 1 aliphatic rings. The highest BCUT2D eigenvalue weighted by atomic mass is 32.1. The molecule has 7 heteroatoms. The number of rotatable bonds is 5. The molecule has 1 aromatic heterocycles. The molecule has 1 fully saturated rings. The average molecular weight is 480 g/mol. The molecule has 1 amide bonds. The van der Waals surface area contributed by atoms with Crippen molar-refractivity contribution in [3.8, 4) is 5.75 Å². The van der Waals surface area contributed by atoms with Crippen molar-refractivity contribution in [1.29, 1.82) is 0 Å². The summed E-state index contributed by atoms with van der Waals surface area (Å²) in [6.45, 7) is 8.48. The molecule has 176 valence electrons. The van der Waals surface area contributed by atoms with E-state index < -0.39 is 23.5 Å². The third kappa shape index (κ3) is 4.23. The maximum atomic E-state index is 14.0. The summed E-state index contributed by atoms with van der Waals surface area (Å²) in [5.41, 5.74) is 1.21. The molecule has 1 unspecified atom stereocenters. The number of thiophene rings is 1. The number of ketones is 1. The highest BCUT2D eigenvalue weighted by Gasteiger charge is 2.47. The number of nitrogens with zero attached hydrogens (tertiary/aromatic N) is 1. The molecule has 1 N–H and O–H groups in total. The van der Waals surface area contributed by atoms with Crippen LogP contribution >= 0.6 is 11.3 Å². The molecule has 0 bridgehead atoms. The summed E-state index contributed by atoms with van der Waals surface area (Å²) in [5.74, 6) is -1.73. The highest BCUT2D eigenvalue weighted by molar-refractivity contribution is 7.10. The van der Waals surface area contributed by atoms with Gasteiger partial charge in [-0.3, -0.25) is 14.5 Å². The first-order valence-corrected chi connectivity index (χ1v) is 11.9. The van der Waals surface area contributed by atoms with E-state index >= 15 is 0 Å². The number of Topliss-reactive ketones (excluding diaryl/α,β-unsaturated/α-hetero) is 1. The molecule has 1 saturated heterocycles. The van der Waals surface area contributed by atoms with E-state index in [-0.39, 0.29) is 22.4 Å². The van der Waals surface area contributed by atoms with Gasteiger partial charge in [0.2, 0.25) is 0 Å². The number of aliphatic hydroxyl groups excluding tert-OH is 1. The average Bonchev–Trinajstić information content (AvgIpc) is 3.40. The quantitative estimate of drug-likeness (QED) is 0.268. The number of hydrogen-bond donors (Lipinski definition) is 1. The predicted molar refractivity (Wildman–Crippen MR) is 132 cm³/mol. The topological polar surface area (TPSA) is 66.8 Å². The predicted octanol–water partition coefficient (Wildman–Crippen LogP) is 6.21. The Morgan fingerprint density at radius 2 is 1.88 bits per heavy atom. The van der Waals surface area contributed by atoms with E-state index in [4.69, 9.17) is 4.74 Å². The van der Waals surface area contributed by atoms with E-state index in [1.54, 1.807) is 36.4 Å². The van der Waals surface area contributed by atoms with Gasteiger partial charge in [0, 0.05) is 21.7 Å². The lowest BCUT2D eigenvalue weighted by Crippen LogP contribution is -2.29. The van der Waals surface area contributed by atoms with Gasteiger partial charge in [-0.25, -0.2) is 4.39 Å². The number of anilines is 1. The zero-order valence-electron chi connectivity index (χ0n) is 19.5. The van der Waals surface area contributed by atoms with E-state index in [0.29, 0.717) is 22.8 Å². The van der Waals surface area contributed by atoms with Crippen LogP contribution in [0.4, 0.5) is 10.1 Å². The van der Waals surface area contributed by atoms with Crippen molar-refractivity contribution >= 4 is 34.5 Å². The molecular formula is C27H26FNO4S. The number of benzene rings is 2. The second-order valence-corrected chi connectivity index (χ2v) is 10.0. The second kappa shape index (κ2) is 9.06. The van der Waals surface area contributed by atoms with Crippen LogP contribution in [0.25, 0.3) is 5.76 Å². The van der Waals surface area contributed by atoms with Crippen LogP contribution in [0.15, 0.2) is 65.6 Å². The number of aliphatic hydroxyl groups is 1. The normalized spacial score (nSPS) is 17.9. The van der Waals surface area contributed by atoms with Crippen molar-refractivity contribution in [1.82, 2.24) is 0 Å².